The second-order valence-electron chi connectivity index (χ2n) is 14.9. The highest BCUT2D eigenvalue weighted by Crippen LogP contribution is 2.42. The van der Waals surface area contributed by atoms with Crippen LogP contribution in [0.3, 0.4) is 0 Å². The lowest BCUT2D eigenvalue weighted by atomic mass is 9.90. The Labute approximate surface area is 328 Å². The van der Waals surface area contributed by atoms with Gasteiger partial charge < -0.3 is 4.42 Å². The summed E-state index contributed by atoms with van der Waals surface area (Å²) < 4.78 is 6.58. The number of hydrogen-bond acceptors (Lipinski definition) is 3. The smallest absolute Gasteiger partial charge is 0.227 e. The first kappa shape index (κ1) is 31.7. The third-order valence-corrected chi connectivity index (χ3v) is 11.6. The number of oxazole rings is 1. The minimum Gasteiger partial charge on any atom is -0.435 e. The number of nitrogens with zero attached hydrogens (tertiary/aromatic N) is 2. The van der Waals surface area contributed by atoms with Crippen LogP contribution in [0.4, 0.5) is 0 Å². The molecule has 0 fully saturated rings. The third kappa shape index (κ3) is 5.06. The van der Waals surface area contributed by atoms with E-state index in [-0.39, 0.29) is 0 Å². The summed E-state index contributed by atoms with van der Waals surface area (Å²) in [6, 6.07) is 69.4. The monoisotopic (exact) mass is 724 g/mol. The van der Waals surface area contributed by atoms with Crippen LogP contribution in [0, 0.1) is 0 Å². The molecule has 0 aliphatic heterocycles. The Hall–Kier alpha value is -7.62. The largest absolute Gasteiger partial charge is 0.435 e. The molecule has 0 amide bonds. The zero-order valence-electron chi connectivity index (χ0n) is 30.8. The van der Waals surface area contributed by atoms with E-state index in [4.69, 9.17) is 14.4 Å². The highest BCUT2D eigenvalue weighted by atomic mass is 16.3. The van der Waals surface area contributed by atoms with Crippen molar-refractivity contribution in [1.29, 1.82) is 0 Å². The molecule has 0 N–H and O–H groups in total. The number of pyridine rings is 1. The lowest BCUT2D eigenvalue weighted by Gasteiger charge is -2.16. The summed E-state index contributed by atoms with van der Waals surface area (Å²) in [6.45, 7) is 0. The summed E-state index contributed by atoms with van der Waals surface area (Å²) in [5.41, 5.74) is 10.2. The van der Waals surface area contributed by atoms with Gasteiger partial charge in [0.1, 0.15) is 5.52 Å². The van der Waals surface area contributed by atoms with Crippen LogP contribution in [0.25, 0.3) is 121 Å². The van der Waals surface area contributed by atoms with Gasteiger partial charge in [-0.05, 0) is 96.4 Å². The van der Waals surface area contributed by atoms with Gasteiger partial charge in [-0.25, -0.2) is 9.97 Å². The van der Waals surface area contributed by atoms with E-state index in [2.05, 4.69) is 194 Å². The topological polar surface area (TPSA) is 38.9 Å². The molecule has 10 aromatic carbocycles. The molecule has 2 heterocycles. The zero-order chi connectivity index (χ0) is 37.5. The molecule has 2 aromatic heterocycles. The summed E-state index contributed by atoms with van der Waals surface area (Å²) in [4.78, 5) is 10.6. The molecular formula is C54H32N2O. The van der Waals surface area contributed by atoms with Crippen LogP contribution in [0.2, 0.25) is 0 Å². The van der Waals surface area contributed by atoms with Gasteiger partial charge in [0.15, 0.2) is 5.58 Å². The first-order chi connectivity index (χ1) is 28.2. The van der Waals surface area contributed by atoms with Crippen LogP contribution < -0.4 is 0 Å². The molecule has 0 spiro atoms. The Morgan fingerprint density at radius 3 is 1.42 bits per heavy atom. The molecule has 0 saturated heterocycles. The van der Waals surface area contributed by atoms with Crippen LogP contribution in [0.15, 0.2) is 199 Å². The zero-order valence-corrected chi connectivity index (χ0v) is 30.8. The summed E-state index contributed by atoms with van der Waals surface area (Å²) in [7, 11) is 0. The number of aromatic nitrogens is 2. The molecule has 0 atom stereocenters. The van der Waals surface area contributed by atoms with Crippen LogP contribution in [0.5, 0.6) is 0 Å². The van der Waals surface area contributed by atoms with E-state index in [0.717, 1.165) is 66.1 Å². The van der Waals surface area contributed by atoms with E-state index in [1.54, 1.807) is 0 Å². The fourth-order valence-corrected chi connectivity index (χ4v) is 8.82. The molecule has 3 heteroatoms. The van der Waals surface area contributed by atoms with Gasteiger partial charge >= 0.3 is 0 Å². The van der Waals surface area contributed by atoms with Gasteiger partial charge in [0.25, 0.3) is 0 Å². The van der Waals surface area contributed by atoms with Gasteiger partial charge in [-0.1, -0.05) is 158 Å². The standard InChI is InChI=1S/C54H32N2O/c1-3-13-37-29-39(27-21-33(37)11-1)47-31-49-48(40-28-22-34-12-2-4-14-38(34)30-40)32-50(55-51(49)44-18-8-6-17-43(44)47)35-23-25-36(26-24-35)54-56-52-45-19-9-5-15-41(45)42-16-7-10-20-46(42)53(52)57-54/h1-32H. The molecular weight excluding hydrogens is 693 g/mol. The minimum atomic E-state index is 0.605. The number of fused-ring (bicyclic) bond motifs is 11. The van der Waals surface area contributed by atoms with Crippen LogP contribution >= 0.6 is 0 Å². The SMILES string of the molecule is c1ccc2cc(-c3cc4c(-c5ccc6ccccc6c5)cc(-c5ccc(-c6nc7c8ccccc8c8ccccc8c7o6)cc5)nc4c4ccccc34)ccc2c1. The van der Waals surface area contributed by atoms with Crippen LogP contribution in [-0.4, -0.2) is 9.97 Å². The Morgan fingerprint density at radius 2 is 0.772 bits per heavy atom. The molecule has 12 rings (SSSR count). The van der Waals surface area contributed by atoms with Gasteiger partial charge in [0.05, 0.1) is 11.2 Å². The lowest BCUT2D eigenvalue weighted by Crippen LogP contribution is -1.93. The average Bonchev–Trinajstić information content (AvgIpc) is 3.75. The summed E-state index contributed by atoms with van der Waals surface area (Å²) in [5.74, 6) is 0.605. The molecule has 3 nitrogen and oxygen atoms in total. The minimum absolute atomic E-state index is 0.605. The highest BCUT2D eigenvalue weighted by molar-refractivity contribution is 6.23. The van der Waals surface area contributed by atoms with Crippen molar-refractivity contribution < 1.29 is 4.42 Å². The van der Waals surface area contributed by atoms with E-state index >= 15 is 0 Å². The second kappa shape index (κ2) is 12.5. The van der Waals surface area contributed by atoms with Crippen molar-refractivity contribution in [1.82, 2.24) is 9.97 Å². The van der Waals surface area contributed by atoms with Crippen molar-refractivity contribution in [2.45, 2.75) is 0 Å². The molecule has 0 radical (unpaired) electrons. The molecule has 0 saturated carbocycles. The molecule has 0 bridgehead atoms. The summed E-state index contributed by atoms with van der Waals surface area (Å²) in [5, 5.41) is 12.8. The summed E-state index contributed by atoms with van der Waals surface area (Å²) >= 11 is 0. The van der Waals surface area contributed by atoms with Crippen molar-refractivity contribution in [2.75, 3.05) is 0 Å². The van der Waals surface area contributed by atoms with Crippen molar-refractivity contribution in [3.05, 3.63) is 194 Å². The predicted molar refractivity (Wildman–Crippen MR) is 239 cm³/mol. The Morgan fingerprint density at radius 1 is 0.298 bits per heavy atom. The van der Waals surface area contributed by atoms with Crippen molar-refractivity contribution in [2.24, 2.45) is 0 Å². The van der Waals surface area contributed by atoms with Crippen molar-refractivity contribution in [3.63, 3.8) is 0 Å². The Balaban J connectivity index is 1.05. The van der Waals surface area contributed by atoms with E-state index in [9.17, 15) is 0 Å². The highest BCUT2D eigenvalue weighted by Gasteiger charge is 2.19. The maximum absolute atomic E-state index is 6.58. The summed E-state index contributed by atoms with van der Waals surface area (Å²) in [6.07, 6.45) is 0. The fourth-order valence-electron chi connectivity index (χ4n) is 8.82. The normalized spacial score (nSPS) is 11.9. The molecule has 0 aliphatic rings. The first-order valence-electron chi connectivity index (χ1n) is 19.4. The van der Waals surface area contributed by atoms with Gasteiger partial charge in [0.2, 0.25) is 5.89 Å². The van der Waals surface area contributed by atoms with Crippen LogP contribution in [0.1, 0.15) is 0 Å². The van der Waals surface area contributed by atoms with E-state index in [0.29, 0.717) is 5.89 Å². The van der Waals surface area contributed by atoms with E-state index in [1.165, 1.54) is 48.8 Å². The third-order valence-electron chi connectivity index (χ3n) is 11.6. The maximum Gasteiger partial charge on any atom is 0.227 e. The molecule has 0 aliphatic carbocycles. The molecule has 12 aromatic rings. The maximum atomic E-state index is 6.58. The van der Waals surface area contributed by atoms with Gasteiger partial charge in [0, 0.05) is 32.7 Å². The molecule has 57 heavy (non-hydrogen) atoms. The quantitative estimate of drug-likeness (QED) is 0.170. The van der Waals surface area contributed by atoms with Gasteiger partial charge in [-0.15, -0.1) is 0 Å². The fraction of sp³-hybridized carbons (Fsp3) is 0. The van der Waals surface area contributed by atoms with Crippen LogP contribution in [-0.2, 0) is 0 Å². The van der Waals surface area contributed by atoms with Gasteiger partial charge in [-0.2, -0.15) is 0 Å². The van der Waals surface area contributed by atoms with E-state index < -0.39 is 0 Å². The second-order valence-corrected chi connectivity index (χ2v) is 14.9. The van der Waals surface area contributed by atoms with Crippen molar-refractivity contribution >= 4 is 75.9 Å². The number of hydrogen-bond donors (Lipinski definition) is 0. The predicted octanol–water partition coefficient (Wildman–Crippen LogP) is 14.8. The van der Waals surface area contributed by atoms with Crippen molar-refractivity contribution in [3.8, 4) is 45.0 Å². The Kier molecular flexibility index (Phi) is 6.93. The molecule has 264 valence electrons. The average molecular weight is 725 g/mol. The molecule has 0 unspecified atom stereocenters. The number of benzene rings is 10. The van der Waals surface area contributed by atoms with Gasteiger partial charge in [-0.3, -0.25) is 0 Å². The Bertz CT molecular complexity index is 3510. The number of rotatable bonds is 4. The van der Waals surface area contributed by atoms with E-state index in [1.807, 2.05) is 0 Å². The first-order valence-corrected chi connectivity index (χ1v) is 19.4. The lowest BCUT2D eigenvalue weighted by molar-refractivity contribution is 0.623.